The zero-order valence-corrected chi connectivity index (χ0v) is 11.4. The Morgan fingerprint density at radius 2 is 1.81 bits per heavy atom. The van der Waals surface area contributed by atoms with E-state index in [1.165, 1.54) is 6.26 Å². The van der Waals surface area contributed by atoms with Gasteiger partial charge < -0.3 is 10.5 Å². The maximum atomic E-state index is 10.9. The first-order valence-electron chi connectivity index (χ1n) is 5.52. The molecule has 1 aliphatic carbocycles. The smallest absolute Gasteiger partial charge is 0.147 e. The third-order valence-electron chi connectivity index (χ3n) is 2.73. The molecule has 0 radical (unpaired) electrons. The number of ether oxygens (including phenoxy) is 1. The van der Waals surface area contributed by atoms with Crippen LogP contribution in [0.2, 0.25) is 0 Å². The Kier molecular flexibility index (Phi) is 7.55. The second kappa shape index (κ2) is 7.48. The Morgan fingerprint density at radius 3 is 2.31 bits per heavy atom. The van der Waals surface area contributed by atoms with E-state index in [0.717, 1.165) is 25.7 Å². The minimum absolute atomic E-state index is 0. The fourth-order valence-corrected chi connectivity index (χ4v) is 2.47. The van der Waals surface area contributed by atoms with Gasteiger partial charge in [-0.1, -0.05) is 0 Å². The SMILES string of the molecule is CS(=O)(=O)CCCOC1CCC(N)CC1.Cl. The van der Waals surface area contributed by atoms with E-state index in [4.69, 9.17) is 10.5 Å². The first-order chi connectivity index (χ1) is 6.97. The maximum absolute atomic E-state index is 10.9. The Morgan fingerprint density at radius 1 is 1.25 bits per heavy atom. The molecular weight excluding hydrogens is 250 g/mol. The molecule has 6 heteroatoms. The van der Waals surface area contributed by atoms with Crippen molar-refractivity contribution in [2.45, 2.75) is 44.2 Å². The quantitative estimate of drug-likeness (QED) is 0.761. The van der Waals surface area contributed by atoms with Gasteiger partial charge >= 0.3 is 0 Å². The van der Waals surface area contributed by atoms with Gasteiger partial charge in [-0.2, -0.15) is 0 Å². The highest BCUT2D eigenvalue weighted by molar-refractivity contribution is 7.90. The van der Waals surface area contributed by atoms with Gasteiger partial charge in [0.05, 0.1) is 11.9 Å². The van der Waals surface area contributed by atoms with Gasteiger partial charge in [0, 0.05) is 18.9 Å². The third kappa shape index (κ3) is 7.44. The molecule has 1 fully saturated rings. The van der Waals surface area contributed by atoms with Gasteiger partial charge in [0.25, 0.3) is 0 Å². The average molecular weight is 272 g/mol. The van der Waals surface area contributed by atoms with Crippen LogP contribution in [0.5, 0.6) is 0 Å². The van der Waals surface area contributed by atoms with E-state index in [1.54, 1.807) is 0 Å². The van der Waals surface area contributed by atoms with Gasteiger partial charge in [-0.25, -0.2) is 8.42 Å². The van der Waals surface area contributed by atoms with Crippen LogP contribution in [-0.4, -0.2) is 39.2 Å². The fourth-order valence-electron chi connectivity index (χ4n) is 1.83. The molecule has 0 atom stereocenters. The summed E-state index contributed by atoms with van der Waals surface area (Å²) in [5.74, 6) is 0.221. The molecule has 0 heterocycles. The van der Waals surface area contributed by atoms with E-state index in [-0.39, 0.29) is 18.2 Å². The van der Waals surface area contributed by atoms with Crippen LogP contribution in [0, 0.1) is 0 Å². The average Bonchev–Trinajstić information content (AvgIpc) is 2.14. The van der Waals surface area contributed by atoms with Crippen LogP contribution in [0.1, 0.15) is 32.1 Å². The van der Waals surface area contributed by atoms with E-state index in [2.05, 4.69) is 0 Å². The number of sulfone groups is 1. The Bertz CT molecular complexity index is 274. The van der Waals surface area contributed by atoms with Crippen molar-refractivity contribution in [2.24, 2.45) is 5.73 Å². The lowest BCUT2D eigenvalue weighted by atomic mass is 9.94. The summed E-state index contributed by atoms with van der Waals surface area (Å²) in [5.41, 5.74) is 5.77. The first-order valence-corrected chi connectivity index (χ1v) is 7.58. The second-order valence-electron chi connectivity index (χ2n) is 4.39. The number of hydrogen-bond acceptors (Lipinski definition) is 4. The van der Waals surface area contributed by atoms with Crippen molar-refractivity contribution in [1.29, 1.82) is 0 Å². The van der Waals surface area contributed by atoms with Crippen molar-refractivity contribution in [2.75, 3.05) is 18.6 Å². The van der Waals surface area contributed by atoms with E-state index < -0.39 is 9.84 Å². The fraction of sp³-hybridized carbons (Fsp3) is 1.00. The molecule has 0 unspecified atom stereocenters. The summed E-state index contributed by atoms with van der Waals surface area (Å²) in [5, 5.41) is 0. The standard InChI is InChI=1S/C10H21NO3S.ClH/c1-15(12,13)8-2-7-14-10-5-3-9(11)4-6-10;/h9-10H,2-8,11H2,1H3;1H. The van der Waals surface area contributed by atoms with Gasteiger partial charge in [-0.15, -0.1) is 12.4 Å². The predicted molar refractivity (Wildman–Crippen MR) is 67.8 cm³/mol. The molecule has 0 aromatic rings. The third-order valence-corrected chi connectivity index (χ3v) is 3.76. The zero-order chi connectivity index (χ0) is 11.3. The highest BCUT2D eigenvalue weighted by Crippen LogP contribution is 2.19. The lowest BCUT2D eigenvalue weighted by Gasteiger charge is -2.26. The molecule has 4 nitrogen and oxygen atoms in total. The molecule has 0 spiro atoms. The highest BCUT2D eigenvalue weighted by atomic mass is 35.5. The molecule has 1 saturated carbocycles. The molecule has 0 aromatic heterocycles. The van der Waals surface area contributed by atoms with Crippen molar-refractivity contribution in [3.8, 4) is 0 Å². The minimum atomic E-state index is -2.84. The topological polar surface area (TPSA) is 69.4 Å². The van der Waals surface area contributed by atoms with E-state index in [0.29, 0.717) is 25.2 Å². The molecule has 0 saturated heterocycles. The summed E-state index contributed by atoms with van der Waals surface area (Å²) in [7, 11) is -2.84. The van der Waals surface area contributed by atoms with Crippen LogP contribution < -0.4 is 5.73 Å². The molecule has 1 aliphatic rings. The van der Waals surface area contributed by atoms with Gasteiger partial charge in [0.2, 0.25) is 0 Å². The highest BCUT2D eigenvalue weighted by Gasteiger charge is 2.18. The lowest BCUT2D eigenvalue weighted by molar-refractivity contribution is 0.0259. The Labute approximate surface area is 104 Å². The lowest BCUT2D eigenvalue weighted by Crippen LogP contribution is -2.30. The van der Waals surface area contributed by atoms with Gasteiger partial charge in [-0.05, 0) is 32.1 Å². The van der Waals surface area contributed by atoms with Crippen molar-refractivity contribution in [1.82, 2.24) is 0 Å². The number of halogens is 1. The second-order valence-corrected chi connectivity index (χ2v) is 6.65. The summed E-state index contributed by atoms with van der Waals surface area (Å²) in [4.78, 5) is 0. The number of nitrogens with two attached hydrogens (primary N) is 1. The monoisotopic (exact) mass is 271 g/mol. The van der Waals surface area contributed by atoms with Gasteiger partial charge in [0.15, 0.2) is 0 Å². The van der Waals surface area contributed by atoms with Crippen LogP contribution in [0.3, 0.4) is 0 Å². The summed E-state index contributed by atoms with van der Waals surface area (Å²) in [6, 6.07) is 0.334. The first kappa shape index (κ1) is 16.2. The van der Waals surface area contributed by atoms with Crippen molar-refractivity contribution in [3.05, 3.63) is 0 Å². The molecule has 98 valence electrons. The van der Waals surface area contributed by atoms with Crippen LogP contribution in [0.25, 0.3) is 0 Å². The summed E-state index contributed by atoms with van der Waals surface area (Å²) < 4.78 is 27.3. The zero-order valence-electron chi connectivity index (χ0n) is 9.72. The maximum Gasteiger partial charge on any atom is 0.147 e. The summed E-state index contributed by atoms with van der Waals surface area (Å²) in [6.07, 6.45) is 6.23. The van der Waals surface area contributed by atoms with Crippen LogP contribution in [-0.2, 0) is 14.6 Å². The Balaban J connectivity index is 0.00000225. The molecule has 1 rings (SSSR count). The van der Waals surface area contributed by atoms with Crippen molar-refractivity contribution < 1.29 is 13.2 Å². The van der Waals surface area contributed by atoms with Crippen LogP contribution >= 0.6 is 12.4 Å². The summed E-state index contributed by atoms with van der Waals surface area (Å²) in [6.45, 7) is 0.549. The van der Waals surface area contributed by atoms with Crippen LogP contribution in [0.4, 0.5) is 0 Å². The largest absolute Gasteiger partial charge is 0.378 e. The van der Waals surface area contributed by atoms with Crippen LogP contribution in [0.15, 0.2) is 0 Å². The molecule has 0 bridgehead atoms. The summed E-state index contributed by atoms with van der Waals surface area (Å²) >= 11 is 0. The number of hydrogen-bond donors (Lipinski definition) is 1. The van der Waals surface area contributed by atoms with Gasteiger partial charge in [0.1, 0.15) is 9.84 Å². The number of rotatable bonds is 5. The van der Waals surface area contributed by atoms with E-state index >= 15 is 0 Å². The molecule has 0 aliphatic heterocycles. The predicted octanol–water partition coefficient (Wildman–Crippen LogP) is 1.13. The van der Waals surface area contributed by atoms with Crippen molar-refractivity contribution in [3.63, 3.8) is 0 Å². The van der Waals surface area contributed by atoms with Gasteiger partial charge in [-0.3, -0.25) is 0 Å². The minimum Gasteiger partial charge on any atom is -0.378 e. The molecule has 2 N–H and O–H groups in total. The molecule has 16 heavy (non-hydrogen) atoms. The van der Waals surface area contributed by atoms with E-state index in [1.807, 2.05) is 0 Å². The molecular formula is C10H22ClNO3S. The van der Waals surface area contributed by atoms with E-state index in [9.17, 15) is 8.42 Å². The molecule has 0 aromatic carbocycles. The normalized spacial score (nSPS) is 26.1. The molecule has 0 amide bonds. The van der Waals surface area contributed by atoms with Crippen molar-refractivity contribution >= 4 is 22.2 Å². The Hall–Kier alpha value is 0.160.